The van der Waals surface area contributed by atoms with E-state index in [4.69, 9.17) is 4.74 Å². The molecule has 0 aromatic rings. The highest BCUT2D eigenvalue weighted by molar-refractivity contribution is 7.93. The van der Waals surface area contributed by atoms with Gasteiger partial charge in [-0.25, -0.2) is 18.0 Å². The van der Waals surface area contributed by atoms with Gasteiger partial charge in [0, 0.05) is 12.6 Å². The maximum atomic E-state index is 13.8. The summed E-state index contributed by atoms with van der Waals surface area (Å²) in [6.07, 6.45) is 3.36. The Labute approximate surface area is 217 Å². The van der Waals surface area contributed by atoms with Gasteiger partial charge in [0.1, 0.15) is 12.1 Å². The molecule has 0 aromatic carbocycles. The molecule has 36 heavy (non-hydrogen) atoms. The molecule has 9 nitrogen and oxygen atoms in total. The highest BCUT2D eigenvalue weighted by Crippen LogP contribution is 2.34. The molecule has 208 valence electrons. The molecular weight excluding hydrogens is 482 g/mol. The number of rotatable bonds is 6. The summed E-state index contributed by atoms with van der Waals surface area (Å²) in [4.78, 5) is 41.1. The van der Waals surface area contributed by atoms with Crippen molar-refractivity contribution in [2.24, 2.45) is 17.3 Å². The van der Waals surface area contributed by atoms with Crippen molar-refractivity contribution in [1.29, 1.82) is 0 Å². The molecule has 2 aliphatic rings. The van der Waals surface area contributed by atoms with Crippen molar-refractivity contribution in [2.75, 3.05) is 13.7 Å². The van der Waals surface area contributed by atoms with E-state index in [0.717, 1.165) is 12.8 Å². The molecule has 0 aromatic heterocycles. The summed E-state index contributed by atoms with van der Waals surface area (Å²) >= 11 is 0. The summed E-state index contributed by atoms with van der Waals surface area (Å²) in [7, 11) is -2.16. The second kappa shape index (κ2) is 11.3. The number of esters is 1. The number of urea groups is 1. The van der Waals surface area contributed by atoms with Crippen LogP contribution in [-0.4, -0.2) is 73.0 Å². The second-order valence-electron chi connectivity index (χ2n) is 12.7. The highest BCUT2D eigenvalue weighted by Gasteiger charge is 2.48. The second-order valence-corrected chi connectivity index (χ2v) is 15.6. The van der Waals surface area contributed by atoms with E-state index >= 15 is 0 Å². The summed E-state index contributed by atoms with van der Waals surface area (Å²) in [6, 6.07) is -2.70. The summed E-state index contributed by atoms with van der Waals surface area (Å²) in [5, 5.41) is 5.03. The summed E-state index contributed by atoms with van der Waals surface area (Å²) < 4.78 is 30.5. The Kier molecular flexibility index (Phi) is 9.51. The van der Waals surface area contributed by atoms with Crippen molar-refractivity contribution in [1.82, 2.24) is 15.5 Å². The lowest BCUT2D eigenvalue weighted by molar-refractivity contribution is -0.154. The molecule has 2 rings (SSSR count). The Hall–Kier alpha value is -1.84. The Bertz CT molecular complexity index is 919. The third-order valence-electron chi connectivity index (χ3n) is 7.69. The number of hydrogen-bond acceptors (Lipinski definition) is 6. The first-order valence-electron chi connectivity index (χ1n) is 13.1. The largest absolute Gasteiger partial charge is 0.467 e. The van der Waals surface area contributed by atoms with Gasteiger partial charge in [-0.15, -0.1) is 0 Å². The van der Waals surface area contributed by atoms with Gasteiger partial charge < -0.3 is 20.3 Å². The number of carbonyl (C=O) groups excluding carboxylic acids is 3. The topological polar surface area (TPSA) is 122 Å². The van der Waals surface area contributed by atoms with Crippen molar-refractivity contribution in [3.63, 3.8) is 0 Å². The van der Waals surface area contributed by atoms with Crippen molar-refractivity contribution >= 4 is 27.7 Å². The molecule has 2 fully saturated rings. The Morgan fingerprint density at radius 3 is 2.06 bits per heavy atom. The number of likely N-dealkylation sites (tertiary alicyclic amines) is 1. The van der Waals surface area contributed by atoms with Crippen molar-refractivity contribution < 1.29 is 27.5 Å². The van der Waals surface area contributed by atoms with Gasteiger partial charge in [-0.3, -0.25) is 4.79 Å². The Morgan fingerprint density at radius 1 is 0.972 bits per heavy atom. The normalized spacial score (nSPS) is 26.4. The lowest BCUT2D eigenvalue weighted by Gasteiger charge is -2.38. The fourth-order valence-corrected chi connectivity index (χ4v) is 7.45. The fraction of sp³-hybridized carbons (Fsp3) is 0.885. The quantitative estimate of drug-likeness (QED) is 0.509. The zero-order valence-electron chi connectivity index (χ0n) is 23.5. The van der Waals surface area contributed by atoms with Gasteiger partial charge in [-0.1, -0.05) is 47.5 Å². The van der Waals surface area contributed by atoms with Crippen LogP contribution in [0.5, 0.6) is 0 Å². The maximum Gasteiger partial charge on any atom is 0.328 e. The molecule has 3 amide bonds. The van der Waals surface area contributed by atoms with Crippen LogP contribution in [0.4, 0.5) is 4.79 Å². The summed E-state index contributed by atoms with van der Waals surface area (Å²) in [5.41, 5.74) is -0.644. The van der Waals surface area contributed by atoms with Crippen LogP contribution in [0, 0.1) is 17.3 Å². The van der Waals surface area contributed by atoms with Gasteiger partial charge in [-0.05, 0) is 57.3 Å². The molecule has 10 heteroatoms. The number of carbonyl (C=O) groups is 3. The van der Waals surface area contributed by atoms with E-state index in [1.165, 1.54) is 7.11 Å². The molecule has 1 aliphatic heterocycles. The average molecular weight is 530 g/mol. The smallest absolute Gasteiger partial charge is 0.328 e. The van der Waals surface area contributed by atoms with E-state index in [2.05, 4.69) is 10.6 Å². The predicted octanol–water partition coefficient (Wildman–Crippen LogP) is 3.27. The van der Waals surface area contributed by atoms with Crippen LogP contribution in [0.25, 0.3) is 0 Å². The lowest BCUT2D eigenvalue weighted by atomic mass is 9.85. The van der Waals surface area contributed by atoms with Crippen molar-refractivity contribution in [3.8, 4) is 0 Å². The molecule has 2 N–H and O–H groups in total. The molecule has 0 spiro atoms. The van der Waals surface area contributed by atoms with E-state index in [0.29, 0.717) is 25.8 Å². The van der Waals surface area contributed by atoms with Gasteiger partial charge in [-0.2, -0.15) is 0 Å². The van der Waals surface area contributed by atoms with Crippen LogP contribution in [-0.2, 0) is 24.2 Å². The highest BCUT2D eigenvalue weighted by atomic mass is 32.2. The molecule has 1 saturated carbocycles. The zero-order valence-corrected chi connectivity index (χ0v) is 24.3. The number of hydrogen-bond donors (Lipinski definition) is 2. The first kappa shape index (κ1) is 30.4. The molecular formula is C26H47N3O6S. The SMILES string of the molecule is COC(=O)[C@@H]1[C@@H](C(C)C)CCN1C(=O)[C@@H](NC(=O)N[C@H]1CCCC[C@H]1S(=O)(=O)C(C)(C)C)C(C)(C)C. The maximum absolute atomic E-state index is 13.8. The first-order chi connectivity index (χ1) is 16.4. The third-order valence-corrected chi connectivity index (χ3v) is 10.8. The van der Waals surface area contributed by atoms with E-state index in [9.17, 15) is 22.8 Å². The van der Waals surface area contributed by atoms with Gasteiger partial charge >= 0.3 is 12.0 Å². The van der Waals surface area contributed by atoms with Crippen LogP contribution >= 0.6 is 0 Å². The van der Waals surface area contributed by atoms with Gasteiger partial charge in [0.05, 0.1) is 17.1 Å². The molecule has 0 radical (unpaired) electrons. The van der Waals surface area contributed by atoms with E-state index in [-0.39, 0.29) is 17.7 Å². The molecule has 1 heterocycles. The number of sulfone groups is 1. The minimum Gasteiger partial charge on any atom is -0.467 e. The van der Waals surface area contributed by atoms with Gasteiger partial charge in [0.15, 0.2) is 9.84 Å². The van der Waals surface area contributed by atoms with Crippen LogP contribution in [0.2, 0.25) is 0 Å². The first-order valence-corrected chi connectivity index (χ1v) is 14.7. The summed E-state index contributed by atoms with van der Waals surface area (Å²) in [6.45, 7) is 15.1. The van der Waals surface area contributed by atoms with Crippen LogP contribution in [0.1, 0.15) is 87.5 Å². The number of nitrogens with zero attached hydrogens (tertiary/aromatic N) is 1. The van der Waals surface area contributed by atoms with E-state index < -0.39 is 55.4 Å². The number of ether oxygens (including phenoxy) is 1. The Balaban J connectivity index is 2.25. The number of methoxy groups -OCH3 is 1. The molecule has 1 saturated heterocycles. The van der Waals surface area contributed by atoms with Crippen molar-refractivity contribution in [3.05, 3.63) is 0 Å². The Morgan fingerprint density at radius 2 is 1.56 bits per heavy atom. The number of nitrogens with one attached hydrogen (secondary N) is 2. The number of amides is 3. The standard InChI is InChI=1S/C26H47N3O6S/c1-16(2)17-14-15-29(20(17)23(31)35-9)22(30)21(25(3,4)5)28-24(32)27-18-12-10-11-13-19(18)36(33,34)26(6,7)8/h16-21H,10-15H2,1-9H3,(H2,27,28,32)/t17-,18+,19-,20+,21-/m1/s1. The van der Waals surface area contributed by atoms with E-state index in [1.807, 2.05) is 34.6 Å². The fourth-order valence-electron chi connectivity index (χ4n) is 5.43. The van der Waals surface area contributed by atoms with Crippen LogP contribution < -0.4 is 10.6 Å². The average Bonchev–Trinajstić information content (AvgIpc) is 3.21. The predicted molar refractivity (Wildman–Crippen MR) is 140 cm³/mol. The third kappa shape index (κ3) is 6.53. The lowest BCUT2D eigenvalue weighted by Crippen LogP contribution is -2.61. The van der Waals surface area contributed by atoms with Crippen LogP contribution in [0.15, 0.2) is 0 Å². The minimum absolute atomic E-state index is 0.0264. The van der Waals surface area contributed by atoms with E-state index in [1.54, 1.807) is 25.7 Å². The molecule has 0 unspecified atom stereocenters. The molecule has 5 atom stereocenters. The van der Waals surface area contributed by atoms with Crippen molar-refractivity contribution in [2.45, 2.75) is 116 Å². The minimum atomic E-state index is -3.48. The molecule has 0 bridgehead atoms. The monoisotopic (exact) mass is 529 g/mol. The van der Waals surface area contributed by atoms with Gasteiger partial charge in [0.2, 0.25) is 5.91 Å². The van der Waals surface area contributed by atoms with Crippen LogP contribution in [0.3, 0.4) is 0 Å². The molecule has 1 aliphatic carbocycles. The zero-order chi connectivity index (χ0) is 27.6. The van der Waals surface area contributed by atoms with Gasteiger partial charge in [0.25, 0.3) is 0 Å². The summed E-state index contributed by atoms with van der Waals surface area (Å²) in [5.74, 6) is -0.626.